The summed E-state index contributed by atoms with van der Waals surface area (Å²) in [5.74, 6) is 1.02. The zero-order chi connectivity index (χ0) is 10.5. The van der Waals surface area contributed by atoms with Gasteiger partial charge in [0.1, 0.15) is 0 Å². The van der Waals surface area contributed by atoms with Crippen molar-refractivity contribution in [1.82, 2.24) is 5.32 Å². The zero-order valence-electron chi connectivity index (χ0n) is 9.01. The lowest BCUT2D eigenvalue weighted by Gasteiger charge is -2.25. The van der Waals surface area contributed by atoms with E-state index in [4.69, 9.17) is 0 Å². The molecule has 1 fully saturated rings. The second kappa shape index (κ2) is 5.66. The smallest absolute Gasteiger partial charge is 0.0205 e. The molecule has 0 unspecified atom stereocenters. The minimum Gasteiger partial charge on any atom is -0.313 e. The van der Waals surface area contributed by atoms with E-state index < -0.39 is 0 Å². The Kier molecular flexibility index (Phi) is 4.21. The predicted octanol–water partition coefficient (Wildman–Crippen LogP) is 3.73. The van der Waals surface area contributed by atoms with Crippen molar-refractivity contribution in [3.8, 4) is 0 Å². The lowest BCUT2D eigenvalue weighted by atomic mass is 9.83. The van der Waals surface area contributed by atoms with E-state index in [9.17, 15) is 0 Å². The highest BCUT2D eigenvalue weighted by Crippen LogP contribution is 2.28. The van der Waals surface area contributed by atoms with Gasteiger partial charge in [-0.3, -0.25) is 0 Å². The first-order chi connectivity index (χ1) is 7.34. The van der Waals surface area contributed by atoms with E-state index in [-0.39, 0.29) is 0 Å². The molecule has 1 aromatic carbocycles. The van der Waals surface area contributed by atoms with Gasteiger partial charge in [-0.25, -0.2) is 0 Å². The van der Waals surface area contributed by atoms with Crippen LogP contribution in [0.25, 0.3) is 0 Å². The highest BCUT2D eigenvalue weighted by molar-refractivity contribution is 9.10. The Morgan fingerprint density at radius 2 is 1.93 bits per heavy atom. The van der Waals surface area contributed by atoms with Crippen LogP contribution >= 0.6 is 15.9 Å². The average Bonchev–Trinajstić information content (AvgIpc) is 2.18. The van der Waals surface area contributed by atoms with Gasteiger partial charge < -0.3 is 5.32 Å². The fourth-order valence-corrected chi connectivity index (χ4v) is 2.19. The average molecular weight is 268 g/mol. The molecule has 0 bridgehead atoms. The van der Waals surface area contributed by atoms with Gasteiger partial charge in [-0.05, 0) is 36.6 Å². The van der Waals surface area contributed by atoms with E-state index in [1.54, 1.807) is 0 Å². The standard InChI is InChI=1S/C13H18BrN/c14-13-6-4-12(5-7-13)10-15-9-8-11-2-1-3-11/h4-7,11,15H,1-3,8-10H2. The van der Waals surface area contributed by atoms with E-state index in [1.807, 2.05) is 0 Å². The summed E-state index contributed by atoms with van der Waals surface area (Å²) in [4.78, 5) is 0. The van der Waals surface area contributed by atoms with Gasteiger partial charge in [0.15, 0.2) is 0 Å². The van der Waals surface area contributed by atoms with Crippen LogP contribution in [0, 0.1) is 5.92 Å². The topological polar surface area (TPSA) is 12.0 Å². The van der Waals surface area contributed by atoms with Gasteiger partial charge >= 0.3 is 0 Å². The highest BCUT2D eigenvalue weighted by atomic mass is 79.9. The molecule has 0 saturated heterocycles. The van der Waals surface area contributed by atoms with Gasteiger partial charge in [0.25, 0.3) is 0 Å². The largest absolute Gasteiger partial charge is 0.313 e. The number of rotatable bonds is 5. The van der Waals surface area contributed by atoms with E-state index >= 15 is 0 Å². The molecule has 0 atom stereocenters. The Balaban J connectivity index is 1.62. The summed E-state index contributed by atoms with van der Waals surface area (Å²) in [5.41, 5.74) is 1.37. The zero-order valence-corrected chi connectivity index (χ0v) is 10.6. The Bertz CT molecular complexity index is 290. The van der Waals surface area contributed by atoms with Gasteiger partial charge in [-0.2, -0.15) is 0 Å². The van der Waals surface area contributed by atoms with Crippen molar-refractivity contribution in [3.63, 3.8) is 0 Å². The molecule has 0 spiro atoms. The van der Waals surface area contributed by atoms with Crippen LogP contribution in [0.15, 0.2) is 28.7 Å². The third-order valence-corrected chi connectivity index (χ3v) is 3.73. The summed E-state index contributed by atoms with van der Waals surface area (Å²) in [7, 11) is 0. The summed E-state index contributed by atoms with van der Waals surface area (Å²) in [6.45, 7) is 2.17. The molecule has 0 heterocycles. The van der Waals surface area contributed by atoms with Gasteiger partial charge in [-0.15, -0.1) is 0 Å². The molecule has 1 nitrogen and oxygen atoms in total. The van der Waals surface area contributed by atoms with Crippen LogP contribution in [0.3, 0.4) is 0 Å². The number of hydrogen-bond acceptors (Lipinski definition) is 1. The number of benzene rings is 1. The summed E-state index contributed by atoms with van der Waals surface area (Å²) in [6, 6.07) is 8.53. The third-order valence-electron chi connectivity index (χ3n) is 3.20. The van der Waals surface area contributed by atoms with E-state index in [0.29, 0.717) is 0 Å². The van der Waals surface area contributed by atoms with E-state index in [2.05, 4.69) is 45.5 Å². The summed E-state index contributed by atoms with van der Waals surface area (Å²) in [5, 5.41) is 3.50. The number of halogens is 1. The summed E-state index contributed by atoms with van der Waals surface area (Å²) >= 11 is 3.44. The SMILES string of the molecule is Brc1ccc(CNCCC2CCC2)cc1. The molecule has 1 aromatic rings. The molecular formula is C13H18BrN. The molecule has 1 saturated carbocycles. The van der Waals surface area contributed by atoms with Crippen molar-refractivity contribution in [2.45, 2.75) is 32.2 Å². The molecule has 1 aliphatic rings. The first-order valence-electron chi connectivity index (χ1n) is 5.80. The van der Waals surface area contributed by atoms with Crippen LogP contribution < -0.4 is 5.32 Å². The number of nitrogens with one attached hydrogen (secondary N) is 1. The molecule has 15 heavy (non-hydrogen) atoms. The molecule has 2 rings (SSSR count). The lowest BCUT2D eigenvalue weighted by molar-refractivity contribution is 0.292. The van der Waals surface area contributed by atoms with Crippen LogP contribution in [0.5, 0.6) is 0 Å². The molecule has 0 aliphatic heterocycles. The first-order valence-corrected chi connectivity index (χ1v) is 6.59. The molecule has 1 aliphatic carbocycles. The van der Waals surface area contributed by atoms with Gasteiger partial charge in [-0.1, -0.05) is 47.3 Å². The van der Waals surface area contributed by atoms with Crippen molar-refractivity contribution in [2.24, 2.45) is 5.92 Å². The van der Waals surface area contributed by atoms with Crippen molar-refractivity contribution in [3.05, 3.63) is 34.3 Å². The maximum absolute atomic E-state index is 3.50. The highest BCUT2D eigenvalue weighted by Gasteiger charge is 2.15. The molecule has 0 radical (unpaired) electrons. The van der Waals surface area contributed by atoms with Crippen molar-refractivity contribution in [1.29, 1.82) is 0 Å². The fourth-order valence-electron chi connectivity index (χ4n) is 1.92. The summed E-state index contributed by atoms with van der Waals surface area (Å²) < 4.78 is 1.15. The van der Waals surface area contributed by atoms with Crippen molar-refractivity contribution >= 4 is 15.9 Å². The second-order valence-electron chi connectivity index (χ2n) is 4.39. The first kappa shape index (κ1) is 11.2. The number of hydrogen-bond donors (Lipinski definition) is 1. The monoisotopic (exact) mass is 267 g/mol. The Labute approximate surface area is 100 Å². The minimum absolute atomic E-state index is 1.00. The normalized spacial score (nSPS) is 16.3. The molecule has 2 heteroatoms. The Hall–Kier alpha value is -0.340. The fraction of sp³-hybridized carbons (Fsp3) is 0.538. The molecule has 0 amide bonds. The van der Waals surface area contributed by atoms with Gasteiger partial charge in [0.05, 0.1) is 0 Å². The maximum atomic E-state index is 3.50. The summed E-state index contributed by atoms with van der Waals surface area (Å²) in [6.07, 6.45) is 5.73. The van der Waals surface area contributed by atoms with Gasteiger partial charge in [0, 0.05) is 11.0 Å². The van der Waals surface area contributed by atoms with Crippen LogP contribution in [0.4, 0.5) is 0 Å². The minimum atomic E-state index is 1.00. The quantitative estimate of drug-likeness (QED) is 0.802. The molecular weight excluding hydrogens is 250 g/mol. The van der Waals surface area contributed by atoms with Crippen LogP contribution in [0.2, 0.25) is 0 Å². The van der Waals surface area contributed by atoms with Crippen LogP contribution in [-0.2, 0) is 6.54 Å². The predicted molar refractivity (Wildman–Crippen MR) is 67.8 cm³/mol. The Morgan fingerprint density at radius 1 is 1.20 bits per heavy atom. The lowest BCUT2D eigenvalue weighted by Crippen LogP contribution is -2.21. The maximum Gasteiger partial charge on any atom is 0.0205 e. The second-order valence-corrected chi connectivity index (χ2v) is 5.30. The van der Waals surface area contributed by atoms with E-state index in [0.717, 1.165) is 16.9 Å². The molecule has 82 valence electrons. The van der Waals surface area contributed by atoms with Crippen molar-refractivity contribution < 1.29 is 0 Å². The van der Waals surface area contributed by atoms with E-state index in [1.165, 1.54) is 37.8 Å². The van der Waals surface area contributed by atoms with Crippen LogP contribution in [0.1, 0.15) is 31.2 Å². The van der Waals surface area contributed by atoms with Crippen molar-refractivity contribution in [2.75, 3.05) is 6.54 Å². The molecule has 0 aromatic heterocycles. The Morgan fingerprint density at radius 3 is 2.53 bits per heavy atom. The van der Waals surface area contributed by atoms with Gasteiger partial charge in [0.2, 0.25) is 0 Å². The van der Waals surface area contributed by atoms with Crippen LogP contribution in [-0.4, -0.2) is 6.54 Å². The molecule has 1 N–H and O–H groups in total. The third kappa shape index (κ3) is 3.62.